The molecule has 1 aromatic heterocycles. The Labute approximate surface area is 153 Å². The Morgan fingerprint density at radius 3 is 2.00 bits per heavy atom. The van der Waals surface area contributed by atoms with E-state index in [2.05, 4.69) is 109 Å². The number of fused-ring (bicyclic) bond motifs is 3. The fourth-order valence-corrected chi connectivity index (χ4v) is 3.89. The van der Waals surface area contributed by atoms with Crippen LogP contribution in [0, 0.1) is 0 Å². The Morgan fingerprint density at radius 2 is 1.19 bits per heavy atom. The van der Waals surface area contributed by atoms with Crippen LogP contribution in [0.25, 0.3) is 38.6 Å². The van der Waals surface area contributed by atoms with Crippen LogP contribution in [0.15, 0.2) is 97.1 Å². The molecule has 0 spiro atoms. The fraction of sp³-hybridized carbons (Fsp3) is 0. The third kappa shape index (κ3) is 2.27. The molecular formula is C24H18BN. The molecule has 1 nitrogen and oxygen atoms in total. The molecule has 0 amide bonds. The van der Waals surface area contributed by atoms with Crippen molar-refractivity contribution in [1.82, 2.24) is 4.57 Å². The minimum atomic E-state index is 1.20. The monoisotopic (exact) mass is 331 g/mol. The lowest BCUT2D eigenvalue weighted by Crippen LogP contribution is -2.07. The number of hydrogen-bond donors (Lipinski definition) is 0. The van der Waals surface area contributed by atoms with Gasteiger partial charge in [0.25, 0.3) is 0 Å². The van der Waals surface area contributed by atoms with Crippen LogP contribution in [0.5, 0.6) is 0 Å². The zero-order valence-electron chi connectivity index (χ0n) is 14.7. The lowest BCUT2D eigenvalue weighted by molar-refractivity contribution is 1.18. The molecule has 0 unspecified atom stereocenters. The van der Waals surface area contributed by atoms with Gasteiger partial charge in [0.2, 0.25) is 0 Å². The summed E-state index contributed by atoms with van der Waals surface area (Å²) in [6, 6.07) is 34.6. The predicted octanol–water partition coefficient (Wildman–Crippen LogP) is 4.71. The van der Waals surface area contributed by atoms with Gasteiger partial charge in [0, 0.05) is 22.0 Å². The van der Waals surface area contributed by atoms with E-state index >= 15 is 0 Å². The summed E-state index contributed by atoms with van der Waals surface area (Å²) in [6.07, 6.45) is 0. The molecule has 0 aliphatic heterocycles. The Balaban J connectivity index is 1.76. The summed E-state index contributed by atoms with van der Waals surface area (Å²) < 4.78 is 2.38. The molecule has 5 aromatic rings. The molecule has 0 aliphatic carbocycles. The standard InChI is InChI=1S/C24H18BN/c25-22-11-6-10-21-20-9-4-5-12-23(20)26(24(21)22)19-15-13-18(14-16-19)17-7-2-1-3-8-17/h1-16H,25H2. The number of hydrogen-bond acceptors (Lipinski definition) is 0. The first kappa shape index (κ1) is 15.0. The van der Waals surface area contributed by atoms with Crippen LogP contribution in [-0.4, -0.2) is 12.4 Å². The Kier molecular flexibility index (Phi) is 3.43. The van der Waals surface area contributed by atoms with Gasteiger partial charge in [-0.15, -0.1) is 0 Å². The van der Waals surface area contributed by atoms with Crippen LogP contribution < -0.4 is 5.46 Å². The quantitative estimate of drug-likeness (QED) is 0.413. The maximum absolute atomic E-state index is 2.38. The van der Waals surface area contributed by atoms with Crippen molar-refractivity contribution in [2.24, 2.45) is 0 Å². The first-order chi connectivity index (χ1) is 12.8. The average Bonchev–Trinajstić information content (AvgIpc) is 3.05. The van der Waals surface area contributed by atoms with Gasteiger partial charge < -0.3 is 4.57 Å². The van der Waals surface area contributed by atoms with Crippen molar-refractivity contribution >= 4 is 35.1 Å². The summed E-state index contributed by atoms with van der Waals surface area (Å²) in [5.41, 5.74) is 7.53. The second-order valence-electron chi connectivity index (χ2n) is 6.74. The van der Waals surface area contributed by atoms with Gasteiger partial charge in [-0.05, 0) is 29.3 Å². The molecule has 26 heavy (non-hydrogen) atoms. The number of aromatic nitrogens is 1. The van der Waals surface area contributed by atoms with E-state index in [1.54, 1.807) is 0 Å². The minimum Gasteiger partial charge on any atom is -0.310 e. The Morgan fingerprint density at radius 1 is 0.538 bits per heavy atom. The second kappa shape index (κ2) is 5.92. The Bertz CT molecular complexity index is 1220. The van der Waals surface area contributed by atoms with Crippen molar-refractivity contribution in [3.63, 3.8) is 0 Å². The molecule has 4 aromatic carbocycles. The first-order valence-electron chi connectivity index (χ1n) is 8.97. The van der Waals surface area contributed by atoms with Crippen LogP contribution in [0.2, 0.25) is 0 Å². The van der Waals surface area contributed by atoms with Crippen molar-refractivity contribution in [3.8, 4) is 16.8 Å². The van der Waals surface area contributed by atoms with Crippen LogP contribution in [0.1, 0.15) is 0 Å². The summed E-state index contributed by atoms with van der Waals surface area (Å²) in [7, 11) is 2.19. The topological polar surface area (TPSA) is 4.93 Å². The van der Waals surface area contributed by atoms with Crippen LogP contribution in [0.3, 0.4) is 0 Å². The van der Waals surface area contributed by atoms with E-state index in [1.807, 2.05) is 0 Å². The van der Waals surface area contributed by atoms with E-state index in [-0.39, 0.29) is 0 Å². The highest BCUT2D eigenvalue weighted by Crippen LogP contribution is 2.31. The maximum Gasteiger partial charge on any atom is 0.142 e. The van der Waals surface area contributed by atoms with Gasteiger partial charge >= 0.3 is 0 Å². The normalized spacial score (nSPS) is 11.2. The van der Waals surface area contributed by atoms with Gasteiger partial charge in [-0.1, -0.05) is 84.3 Å². The third-order valence-corrected chi connectivity index (χ3v) is 5.13. The number of rotatable bonds is 2. The minimum absolute atomic E-state index is 1.20. The zero-order chi connectivity index (χ0) is 17.5. The highest BCUT2D eigenvalue weighted by Gasteiger charge is 2.13. The second-order valence-corrected chi connectivity index (χ2v) is 6.74. The predicted molar refractivity (Wildman–Crippen MR) is 114 cm³/mol. The SMILES string of the molecule is Bc1cccc2c3ccccc3n(-c3ccc(-c4ccccc4)cc3)c12. The molecule has 0 radical (unpaired) electrons. The van der Waals surface area contributed by atoms with Crippen LogP contribution >= 0.6 is 0 Å². The summed E-state index contributed by atoms with van der Waals surface area (Å²) in [5, 5.41) is 2.62. The van der Waals surface area contributed by atoms with Crippen LogP contribution in [0.4, 0.5) is 0 Å². The van der Waals surface area contributed by atoms with E-state index in [9.17, 15) is 0 Å². The highest BCUT2D eigenvalue weighted by molar-refractivity contribution is 6.39. The molecular weight excluding hydrogens is 313 g/mol. The van der Waals surface area contributed by atoms with E-state index in [4.69, 9.17) is 0 Å². The van der Waals surface area contributed by atoms with Gasteiger partial charge in [-0.25, -0.2) is 0 Å². The third-order valence-electron chi connectivity index (χ3n) is 5.13. The number of benzene rings is 4. The van der Waals surface area contributed by atoms with Crippen molar-refractivity contribution in [2.75, 3.05) is 0 Å². The first-order valence-corrected chi connectivity index (χ1v) is 8.97. The molecule has 0 aliphatic rings. The summed E-state index contributed by atoms with van der Waals surface area (Å²) in [5.74, 6) is 0. The molecule has 0 atom stereocenters. The lowest BCUT2D eigenvalue weighted by Gasteiger charge is -2.11. The van der Waals surface area contributed by atoms with E-state index in [0.29, 0.717) is 0 Å². The number of nitrogens with zero attached hydrogens (tertiary/aromatic N) is 1. The summed E-state index contributed by atoms with van der Waals surface area (Å²) in [4.78, 5) is 0. The fourth-order valence-electron chi connectivity index (χ4n) is 3.89. The molecule has 0 N–H and O–H groups in total. The smallest absolute Gasteiger partial charge is 0.142 e. The summed E-state index contributed by atoms with van der Waals surface area (Å²) >= 11 is 0. The van der Waals surface area contributed by atoms with Gasteiger partial charge in [0.05, 0.1) is 5.52 Å². The largest absolute Gasteiger partial charge is 0.310 e. The van der Waals surface area contributed by atoms with Gasteiger partial charge in [-0.2, -0.15) is 0 Å². The van der Waals surface area contributed by atoms with Crippen molar-refractivity contribution in [3.05, 3.63) is 97.1 Å². The van der Waals surface area contributed by atoms with E-state index < -0.39 is 0 Å². The van der Waals surface area contributed by atoms with Gasteiger partial charge in [-0.3, -0.25) is 0 Å². The van der Waals surface area contributed by atoms with Gasteiger partial charge in [0.15, 0.2) is 0 Å². The zero-order valence-corrected chi connectivity index (χ0v) is 14.7. The number of para-hydroxylation sites is 2. The Hall–Kier alpha value is -3.26. The highest BCUT2D eigenvalue weighted by atomic mass is 15.0. The molecule has 122 valence electrons. The molecule has 0 saturated carbocycles. The molecule has 5 rings (SSSR count). The lowest BCUT2D eigenvalue weighted by atomic mass is 9.93. The van der Waals surface area contributed by atoms with Crippen LogP contribution in [-0.2, 0) is 0 Å². The molecule has 0 bridgehead atoms. The van der Waals surface area contributed by atoms with E-state index in [1.165, 1.54) is 44.1 Å². The van der Waals surface area contributed by atoms with E-state index in [0.717, 1.165) is 0 Å². The van der Waals surface area contributed by atoms with Crippen molar-refractivity contribution in [1.29, 1.82) is 0 Å². The van der Waals surface area contributed by atoms with Crippen molar-refractivity contribution in [2.45, 2.75) is 0 Å². The molecule has 1 heterocycles. The molecule has 2 heteroatoms. The average molecular weight is 331 g/mol. The molecule has 0 fully saturated rings. The van der Waals surface area contributed by atoms with Crippen molar-refractivity contribution < 1.29 is 0 Å². The van der Waals surface area contributed by atoms with Gasteiger partial charge in [0.1, 0.15) is 7.85 Å². The maximum atomic E-state index is 2.38. The molecule has 0 saturated heterocycles. The summed E-state index contributed by atoms with van der Waals surface area (Å²) in [6.45, 7) is 0.